The molecule has 0 radical (unpaired) electrons. The third kappa shape index (κ3) is 6.73. The fourth-order valence-corrected chi connectivity index (χ4v) is 5.35. The van der Waals surface area contributed by atoms with Crippen molar-refractivity contribution in [2.24, 2.45) is 11.8 Å². The van der Waals surface area contributed by atoms with Crippen LogP contribution in [0.4, 0.5) is 4.79 Å². The first-order valence-electron chi connectivity index (χ1n) is 12.3. The number of amides is 1. The Morgan fingerprint density at radius 3 is 2.17 bits per heavy atom. The van der Waals surface area contributed by atoms with Gasteiger partial charge in [0.25, 0.3) is 0 Å². The summed E-state index contributed by atoms with van der Waals surface area (Å²) < 4.78 is 17.4. The molecule has 7 heteroatoms. The topological polar surface area (TPSA) is 65.1 Å². The van der Waals surface area contributed by atoms with Crippen molar-refractivity contribution in [2.75, 3.05) is 20.3 Å². The summed E-state index contributed by atoms with van der Waals surface area (Å²) in [5, 5.41) is 0.0737. The zero-order chi connectivity index (χ0) is 25.6. The maximum absolute atomic E-state index is 13.4. The standard InChI is InChI=1S/C28H39NO5Si/c1-28(2,3)35(5,6)34-20-22-17-24(26(30)32-4)25(23-15-11-8-12-16-23)29(18-22)27(31)33-19-21-13-9-7-10-14-21/h7-16,22,24-25H,17-20H2,1-6H3/t22-,24-,25-/m0/s1. The van der Waals surface area contributed by atoms with E-state index in [4.69, 9.17) is 13.9 Å². The largest absolute Gasteiger partial charge is 0.469 e. The Morgan fingerprint density at radius 1 is 1.00 bits per heavy atom. The molecule has 6 nitrogen and oxygen atoms in total. The number of hydrogen-bond donors (Lipinski definition) is 0. The fraction of sp³-hybridized carbons (Fsp3) is 0.500. The van der Waals surface area contributed by atoms with Crippen LogP contribution in [0.5, 0.6) is 0 Å². The lowest BCUT2D eigenvalue weighted by Gasteiger charge is -2.44. The monoisotopic (exact) mass is 497 g/mol. The van der Waals surface area contributed by atoms with Gasteiger partial charge in [-0.1, -0.05) is 81.4 Å². The minimum absolute atomic E-state index is 0.00235. The average Bonchev–Trinajstić information content (AvgIpc) is 2.85. The quantitative estimate of drug-likeness (QED) is 0.337. The first-order valence-corrected chi connectivity index (χ1v) is 15.2. The Labute approximate surface area is 210 Å². The number of esters is 1. The first kappa shape index (κ1) is 27.0. The number of carbonyl (C=O) groups is 2. The molecule has 0 spiro atoms. The highest BCUT2D eigenvalue weighted by atomic mass is 28.4. The summed E-state index contributed by atoms with van der Waals surface area (Å²) in [6, 6.07) is 18.8. The second-order valence-corrected chi connectivity index (χ2v) is 15.7. The van der Waals surface area contributed by atoms with Gasteiger partial charge in [-0.25, -0.2) is 4.79 Å². The number of benzene rings is 2. The molecule has 2 aromatic carbocycles. The van der Waals surface area contributed by atoms with Crippen LogP contribution in [-0.4, -0.2) is 45.5 Å². The number of hydrogen-bond acceptors (Lipinski definition) is 5. The van der Waals surface area contributed by atoms with Crippen molar-refractivity contribution in [3.8, 4) is 0 Å². The second kappa shape index (κ2) is 11.4. The van der Waals surface area contributed by atoms with E-state index in [1.807, 2.05) is 60.7 Å². The van der Waals surface area contributed by atoms with E-state index in [1.165, 1.54) is 7.11 Å². The van der Waals surface area contributed by atoms with Crippen LogP contribution in [0.25, 0.3) is 0 Å². The van der Waals surface area contributed by atoms with Crippen LogP contribution in [-0.2, 0) is 25.3 Å². The van der Waals surface area contributed by atoms with Gasteiger partial charge >= 0.3 is 12.1 Å². The molecule has 3 rings (SSSR count). The third-order valence-corrected chi connectivity index (χ3v) is 11.8. The molecule has 35 heavy (non-hydrogen) atoms. The summed E-state index contributed by atoms with van der Waals surface area (Å²) in [6.45, 7) is 12.2. The Bertz CT molecular complexity index is 974. The van der Waals surface area contributed by atoms with Gasteiger partial charge in [-0.2, -0.15) is 0 Å². The molecular weight excluding hydrogens is 458 g/mol. The molecule has 190 valence electrons. The molecule has 0 unspecified atom stereocenters. The third-order valence-electron chi connectivity index (χ3n) is 7.33. The van der Waals surface area contributed by atoms with Gasteiger partial charge in [-0.15, -0.1) is 0 Å². The Hall–Kier alpha value is -2.64. The normalized spacial score (nSPS) is 20.9. The average molecular weight is 498 g/mol. The van der Waals surface area contributed by atoms with Gasteiger partial charge in [0.1, 0.15) is 6.61 Å². The Balaban J connectivity index is 1.87. The molecule has 0 bridgehead atoms. The van der Waals surface area contributed by atoms with Gasteiger partial charge < -0.3 is 13.9 Å². The van der Waals surface area contributed by atoms with Crippen molar-refractivity contribution in [3.05, 3.63) is 71.8 Å². The highest BCUT2D eigenvalue weighted by Crippen LogP contribution is 2.41. The molecule has 1 amide bonds. The van der Waals surface area contributed by atoms with Crippen LogP contribution in [0.1, 0.15) is 44.4 Å². The van der Waals surface area contributed by atoms with Crippen LogP contribution in [0.3, 0.4) is 0 Å². The summed E-state index contributed by atoms with van der Waals surface area (Å²) in [5.74, 6) is -0.831. The molecule has 0 aromatic heterocycles. The molecule has 2 aromatic rings. The molecule has 0 saturated carbocycles. The SMILES string of the molecule is COC(=O)[C@H]1C[C@H](CO[Si](C)(C)C(C)(C)C)CN(C(=O)OCc2ccccc2)[C@H]1c1ccccc1. The van der Waals surface area contributed by atoms with Gasteiger partial charge in [0.05, 0.1) is 19.1 Å². The molecule has 3 atom stereocenters. The molecule has 1 fully saturated rings. The Kier molecular flexibility index (Phi) is 8.78. The van der Waals surface area contributed by atoms with E-state index >= 15 is 0 Å². The van der Waals surface area contributed by atoms with Gasteiger partial charge in [-0.05, 0) is 41.6 Å². The Morgan fingerprint density at radius 2 is 1.60 bits per heavy atom. The highest BCUT2D eigenvalue weighted by molar-refractivity contribution is 6.74. The minimum Gasteiger partial charge on any atom is -0.469 e. The molecular formula is C28H39NO5Si. The number of ether oxygens (including phenoxy) is 2. The predicted molar refractivity (Wildman–Crippen MR) is 139 cm³/mol. The smallest absolute Gasteiger partial charge is 0.410 e. The van der Waals surface area contributed by atoms with Crippen molar-refractivity contribution in [1.29, 1.82) is 0 Å². The summed E-state index contributed by atoms with van der Waals surface area (Å²) >= 11 is 0. The first-order chi connectivity index (χ1) is 16.5. The van der Waals surface area contributed by atoms with E-state index < -0.39 is 26.4 Å². The van der Waals surface area contributed by atoms with Crippen molar-refractivity contribution >= 4 is 20.4 Å². The maximum atomic E-state index is 13.4. The summed E-state index contributed by atoms with van der Waals surface area (Å²) in [4.78, 5) is 28.1. The number of likely N-dealkylation sites (tertiary alicyclic amines) is 1. The summed E-state index contributed by atoms with van der Waals surface area (Å²) in [6.07, 6.45) is 0.150. The molecule has 0 N–H and O–H groups in total. The predicted octanol–water partition coefficient (Wildman–Crippen LogP) is 6.20. The maximum Gasteiger partial charge on any atom is 0.410 e. The van der Waals surface area contributed by atoms with Crippen molar-refractivity contribution in [3.63, 3.8) is 0 Å². The lowest BCUT2D eigenvalue weighted by atomic mass is 9.80. The van der Waals surface area contributed by atoms with E-state index in [0.29, 0.717) is 19.6 Å². The lowest BCUT2D eigenvalue weighted by molar-refractivity contribution is -0.151. The number of rotatable bonds is 7. The molecule has 1 saturated heterocycles. The number of piperidine rings is 1. The molecule has 1 aliphatic heterocycles. The number of nitrogens with zero attached hydrogens (tertiary/aromatic N) is 1. The van der Waals surface area contributed by atoms with Gasteiger partial charge in [0.15, 0.2) is 8.32 Å². The van der Waals surface area contributed by atoms with Crippen molar-refractivity contribution < 1.29 is 23.5 Å². The zero-order valence-electron chi connectivity index (χ0n) is 21.8. The van der Waals surface area contributed by atoms with Crippen LogP contribution in [0, 0.1) is 11.8 Å². The van der Waals surface area contributed by atoms with E-state index in [9.17, 15) is 9.59 Å². The fourth-order valence-electron chi connectivity index (χ4n) is 4.26. The second-order valence-electron chi connectivity index (χ2n) is 10.9. The lowest BCUT2D eigenvalue weighted by Crippen LogP contribution is -2.51. The summed E-state index contributed by atoms with van der Waals surface area (Å²) in [7, 11) is -0.586. The van der Waals surface area contributed by atoms with Crippen LogP contribution in [0.15, 0.2) is 60.7 Å². The van der Waals surface area contributed by atoms with Crippen molar-refractivity contribution in [2.45, 2.75) is 58.0 Å². The van der Waals surface area contributed by atoms with Gasteiger partial charge in [0, 0.05) is 13.2 Å². The highest BCUT2D eigenvalue weighted by Gasteiger charge is 2.45. The number of methoxy groups -OCH3 is 1. The van der Waals surface area contributed by atoms with Crippen LogP contribution >= 0.6 is 0 Å². The van der Waals surface area contributed by atoms with Gasteiger partial charge in [-0.3, -0.25) is 9.69 Å². The van der Waals surface area contributed by atoms with Crippen molar-refractivity contribution in [1.82, 2.24) is 4.90 Å². The van der Waals surface area contributed by atoms with Gasteiger partial charge in [0.2, 0.25) is 0 Å². The van der Waals surface area contributed by atoms with E-state index in [2.05, 4.69) is 33.9 Å². The molecule has 1 heterocycles. The summed E-state index contributed by atoms with van der Waals surface area (Å²) in [5.41, 5.74) is 1.81. The zero-order valence-corrected chi connectivity index (χ0v) is 22.8. The molecule has 0 aliphatic carbocycles. The number of carbonyl (C=O) groups excluding carboxylic acids is 2. The van der Waals surface area contributed by atoms with Crippen LogP contribution in [0.2, 0.25) is 18.1 Å². The molecule has 1 aliphatic rings. The van der Waals surface area contributed by atoms with E-state index in [0.717, 1.165) is 11.1 Å². The van der Waals surface area contributed by atoms with E-state index in [1.54, 1.807) is 4.90 Å². The minimum atomic E-state index is -1.99. The van der Waals surface area contributed by atoms with E-state index in [-0.39, 0.29) is 23.5 Å². The van der Waals surface area contributed by atoms with Crippen LogP contribution < -0.4 is 0 Å².